The number of para-hydroxylation sites is 1. The molecule has 4 N–H and O–H groups in total. The van der Waals surface area contributed by atoms with Crippen LogP contribution in [-0.2, 0) is 21.8 Å². The summed E-state index contributed by atoms with van der Waals surface area (Å²) in [6.45, 7) is 10.4. The van der Waals surface area contributed by atoms with Gasteiger partial charge < -0.3 is 26.0 Å². The molecule has 276 valence electrons. The number of rotatable bonds is 14. The normalized spacial score (nSPS) is 18.0. The maximum atomic E-state index is 14.2. The first kappa shape index (κ1) is 38.9. The first-order valence-corrected chi connectivity index (χ1v) is 19.2. The summed E-state index contributed by atoms with van der Waals surface area (Å²) in [6.07, 6.45) is 4.52. The van der Waals surface area contributed by atoms with Gasteiger partial charge >= 0.3 is 0 Å². The van der Waals surface area contributed by atoms with Crippen LogP contribution in [0, 0.1) is 5.92 Å². The number of fused-ring (bicyclic) bond motifs is 1. The van der Waals surface area contributed by atoms with E-state index in [1.54, 1.807) is 17.2 Å². The number of piperidine rings is 1. The zero-order chi connectivity index (χ0) is 37.3. The number of hydrogen-bond acceptors (Lipinski definition) is 8. The molecule has 2 aromatic carbocycles. The van der Waals surface area contributed by atoms with Gasteiger partial charge in [-0.1, -0.05) is 74.5 Å². The van der Waals surface area contributed by atoms with E-state index in [-0.39, 0.29) is 24.1 Å². The molecule has 1 unspecified atom stereocenters. The van der Waals surface area contributed by atoms with Crippen LogP contribution < -0.4 is 16.0 Å². The van der Waals surface area contributed by atoms with E-state index in [9.17, 15) is 19.5 Å². The lowest BCUT2D eigenvalue weighted by atomic mass is 9.95. The van der Waals surface area contributed by atoms with Crippen molar-refractivity contribution in [2.24, 2.45) is 5.92 Å². The van der Waals surface area contributed by atoms with E-state index in [4.69, 9.17) is 0 Å². The fourth-order valence-electron chi connectivity index (χ4n) is 6.48. The van der Waals surface area contributed by atoms with Crippen LogP contribution in [0.3, 0.4) is 0 Å². The number of hydrogen-bond donors (Lipinski definition) is 4. The average Bonchev–Trinajstić information content (AvgIpc) is 3.14. The van der Waals surface area contributed by atoms with Gasteiger partial charge in [0.05, 0.1) is 23.7 Å². The van der Waals surface area contributed by atoms with Gasteiger partial charge in [0.15, 0.2) is 0 Å². The number of carbonyl (C=O) groups is 3. The van der Waals surface area contributed by atoms with E-state index >= 15 is 0 Å². The van der Waals surface area contributed by atoms with Gasteiger partial charge in [-0.3, -0.25) is 19.4 Å². The van der Waals surface area contributed by atoms with Crippen molar-refractivity contribution in [3.63, 3.8) is 0 Å². The zero-order valence-corrected chi connectivity index (χ0v) is 31.6. The second-order valence-corrected chi connectivity index (χ2v) is 16.2. The highest BCUT2D eigenvalue weighted by atomic mass is 32.2. The zero-order valence-electron chi connectivity index (χ0n) is 30.8. The molecule has 5 atom stereocenters. The van der Waals surface area contributed by atoms with E-state index in [1.807, 2.05) is 119 Å². The molecular formula is C41H52N6O4S. The van der Waals surface area contributed by atoms with Crippen LogP contribution >= 0.6 is 11.8 Å². The van der Waals surface area contributed by atoms with Crippen molar-refractivity contribution in [1.29, 1.82) is 0 Å². The molecule has 1 aliphatic heterocycles. The van der Waals surface area contributed by atoms with Gasteiger partial charge in [0, 0.05) is 40.9 Å². The molecule has 4 aromatic rings. The Hall–Kier alpha value is -4.32. The number of aromatic nitrogens is 2. The van der Waals surface area contributed by atoms with Gasteiger partial charge in [-0.25, -0.2) is 4.98 Å². The number of aliphatic hydroxyl groups is 1. The van der Waals surface area contributed by atoms with Crippen molar-refractivity contribution in [3.05, 3.63) is 108 Å². The molecule has 5 rings (SSSR count). The summed E-state index contributed by atoms with van der Waals surface area (Å²) >= 11 is 1.84. The predicted molar refractivity (Wildman–Crippen MR) is 208 cm³/mol. The molecule has 0 radical (unpaired) electrons. The summed E-state index contributed by atoms with van der Waals surface area (Å²) in [5.74, 6) is -0.369. The van der Waals surface area contributed by atoms with Gasteiger partial charge in [-0.05, 0) is 81.8 Å². The SMILES string of the molecule is CC(C)[C@H](NC(=O)c1ccc2ccccc2n1)C(=O)N[C@@H](Cc1ccccc1)[C@H](O)CN(C(=O)C1C[C@H](SCc2cccnc2)CCN1)C(C)(C)C. The fourth-order valence-corrected chi connectivity index (χ4v) is 7.69. The highest BCUT2D eigenvalue weighted by molar-refractivity contribution is 7.99. The molecular weight excluding hydrogens is 673 g/mol. The third kappa shape index (κ3) is 10.6. The molecule has 11 heteroatoms. The van der Waals surface area contributed by atoms with Crippen LogP contribution in [0.15, 0.2) is 91.3 Å². The molecule has 1 aliphatic rings. The predicted octanol–water partition coefficient (Wildman–Crippen LogP) is 5.15. The van der Waals surface area contributed by atoms with Crippen LogP contribution in [0.1, 0.15) is 69.1 Å². The lowest BCUT2D eigenvalue weighted by molar-refractivity contribution is -0.141. The number of thioether (sulfide) groups is 1. The smallest absolute Gasteiger partial charge is 0.270 e. The quantitative estimate of drug-likeness (QED) is 0.140. The van der Waals surface area contributed by atoms with E-state index in [0.717, 1.165) is 35.2 Å². The van der Waals surface area contributed by atoms with Gasteiger partial charge in [0.25, 0.3) is 5.91 Å². The molecule has 1 fully saturated rings. The summed E-state index contributed by atoms with van der Waals surface area (Å²) in [7, 11) is 0. The Morgan fingerprint density at radius 3 is 2.40 bits per heavy atom. The molecule has 2 aromatic heterocycles. The number of benzene rings is 2. The molecule has 0 saturated carbocycles. The first-order valence-electron chi connectivity index (χ1n) is 18.1. The highest BCUT2D eigenvalue weighted by Gasteiger charge is 2.38. The van der Waals surface area contributed by atoms with Crippen molar-refractivity contribution < 1.29 is 19.5 Å². The largest absolute Gasteiger partial charge is 0.389 e. The summed E-state index contributed by atoms with van der Waals surface area (Å²) in [5.41, 5.74) is 2.38. The highest BCUT2D eigenvalue weighted by Crippen LogP contribution is 2.28. The van der Waals surface area contributed by atoms with Crippen LogP contribution in [-0.4, -0.2) is 85.8 Å². The molecule has 3 heterocycles. The number of amides is 3. The lowest BCUT2D eigenvalue weighted by Crippen LogP contribution is -2.61. The van der Waals surface area contributed by atoms with Gasteiger partial charge in [-0.2, -0.15) is 11.8 Å². The number of nitrogens with one attached hydrogen (secondary N) is 3. The number of aliphatic hydroxyl groups excluding tert-OH is 1. The van der Waals surface area contributed by atoms with Crippen molar-refractivity contribution in [1.82, 2.24) is 30.8 Å². The van der Waals surface area contributed by atoms with Gasteiger partial charge in [0.2, 0.25) is 11.8 Å². The molecule has 10 nitrogen and oxygen atoms in total. The van der Waals surface area contributed by atoms with Crippen LogP contribution in [0.5, 0.6) is 0 Å². The number of pyridine rings is 2. The third-order valence-corrected chi connectivity index (χ3v) is 10.9. The Morgan fingerprint density at radius 1 is 0.962 bits per heavy atom. The van der Waals surface area contributed by atoms with Crippen molar-refractivity contribution in [2.75, 3.05) is 13.1 Å². The Morgan fingerprint density at radius 2 is 1.69 bits per heavy atom. The van der Waals surface area contributed by atoms with E-state index in [1.165, 1.54) is 0 Å². The van der Waals surface area contributed by atoms with E-state index in [2.05, 4.69) is 32.0 Å². The number of carbonyl (C=O) groups excluding carboxylic acids is 3. The Bertz CT molecular complexity index is 1780. The van der Waals surface area contributed by atoms with E-state index in [0.29, 0.717) is 23.6 Å². The Labute approximate surface area is 311 Å². The maximum absolute atomic E-state index is 14.2. The number of nitrogens with zero attached hydrogens (tertiary/aromatic N) is 3. The van der Waals surface area contributed by atoms with Crippen molar-refractivity contribution >= 4 is 40.4 Å². The van der Waals surface area contributed by atoms with Gasteiger partial charge in [-0.15, -0.1) is 0 Å². The first-order chi connectivity index (χ1) is 24.9. The van der Waals surface area contributed by atoms with E-state index < -0.39 is 41.6 Å². The minimum atomic E-state index is -1.10. The lowest BCUT2D eigenvalue weighted by Gasteiger charge is -2.42. The maximum Gasteiger partial charge on any atom is 0.270 e. The molecule has 52 heavy (non-hydrogen) atoms. The topological polar surface area (TPSA) is 137 Å². The van der Waals surface area contributed by atoms with Crippen LogP contribution in [0.25, 0.3) is 10.9 Å². The second kappa shape index (κ2) is 17.9. The molecule has 0 aliphatic carbocycles. The molecule has 0 bridgehead atoms. The third-order valence-electron chi connectivity index (χ3n) is 9.46. The minimum absolute atomic E-state index is 0.0193. The summed E-state index contributed by atoms with van der Waals surface area (Å²) in [4.78, 5) is 52.0. The average molecular weight is 725 g/mol. The Balaban J connectivity index is 1.30. The fraction of sp³-hybridized carbons (Fsp3) is 0.439. The van der Waals surface area contributed by atoms with Crippen LogP contribution in [0.2, 0.25) is 0 Å². The summed E-state index contributed by atoms with van der Waals surface area (Å²) in [5, 5.41) is 22.5. The molecule has 1 saturated heterocycles. The summed E-state index contributed by atoms with van der Waals surface area (Å²) < 4.78 is 0. The van der Waals surface area contributed by atoms with Crippen molar-refractivity contribution in [3.8, 4) is 0 Å². The summed E-state index contributed by atoms with van der Waals surface area (Å²) in [6, 6.07) is 22.6. The van der Waals surface area contributed by atoms with Crippen LogP contribution in [0.4, 0.5) is 0 Å². The minimum Gasteiger partial charge on any atom is -0.389 e. The van der Waals surface area contributed by atoms with Gasteiger partial charge in [0.1, 0.15) is 11.7 Å². The molecule has 3 amide bonds. The second-order valence-electron chi connectivity index (χ2n) is 14.9. The number of β-amino-alcohol motifs (C(OH)–C–C–N with tert-alkyl or cyclic N) is 1. The molecule has 0 spiro atoms. The van der Waals surface area contributed by atoms with Crippen molar-refractivity contribution in [2.45, 2.75) is 94.7 Å². The Kier molecular flexibility index (Phi) is 13.4. The monoisotopic (exact) mass is 724 g/mol. The standard InChI is InChI=1S/C41H52N6O4S/c1-27(2)37(46-38(49)33-18-17-30-15-9-10-16-32(30)44-33)39(50)45-34(22-28-12-7-6-8-13-28)36(48)25-47(41(3,4)5)40(51)35-23-31(19-21-43-35)52-26-29-14-11-20-42-24-29/h6-18,20,24,27,31,34-37,43,48H,19,21-23,25-26H2,1-5H3,(H,45,50)(H,46,49)/t31-,34+,35?,36-,37+/m1/s1.